The maximum absolute atomic E-state index is 10.5. The van der Waals surface area contributed by atoms with Gasteiger partial charge in [0.15, 0.2) is 0 Å². The zero-order valence-corrected chi connectivity index (χ0v) is 7.66. The molecule has 0 aliphatic rings. The molecule has 0 saturated heterocycles. The summed E-state index contributed by atoms with van der Waals surface area (Å²) in [5.41, 5.74) is 0. The lowest BCUT2D eigenvalue weighted by molar-refractivity contribution is -0.141. The van der Waals surface area contributed by atoms with Gasteiger partial charge in [-0.1, -0.05) is 31.2 Å². The van der Waals surface area contributed by atoms with E-state index in [-0.39, 0.29) is 5.92 Å². The van der Waals surface area contributed by atoms with Crippen LogP contribution in [0, 0.1) is 5.92 Å². The Kier molecular flexibility index (Phi) is 6.07. The molecule has 0 radical (unpaired) electrons. The minimum atomic E-state index is -0.706. The molecule has 0 aromatic carbocycles. The Morgan fingerprint density at radius 1 is 1.50 bits per heavy atom. The van der Waals surface area contributed by atoms with Gasteiger partial charge in [-0.15, -0.1) is 0 Å². The number of hydrogen-bond acceptors (Lipinski definition) is 1. The number of rotatable bonds is 5. The van der Waals surface area contributed by atoms with Gasteiger partial charge in [0.2, 0.25) is 0 Å². The van der Waals surface area contributed by atoms with Crippen molar-refractivity contribution < 1.29 is 9.90 Å². The largest absolute Gasteiger partial charge is 0.481 e. The number of carbonyl (C=O) groups is 1. The Labute approximate surface area is 73.6 Å². The van der Waals surface area contributed by atoms with Crippen molar-refractivity contribution in [1.82, 2.24) is 0 Å². The molecule has 0 fully saturated rings. The van der Waals surface area contributed by atoms with Crippen LogP contribution in [-0.4, -0.2) is 11.1 Å². The predicted molar refractivity (Wildman–Crippen MR) is 50.0 cm³/mol. The molecule has 0 aliphatic heterocycles. The Balaban J connectivity index is 3.80. The average molecular weight is 168 g/mol. The lowest BCUT2D eigenvalue weighted by atomic mass is 10.0. The lowest BCUT2D eigenvalue weighted by Gasteiger charge is -2.04. The highest BCUT2D eigenvalue weighted by molar-refractivity contribution is 5.70. The minimum Gasteiger partial charge on any atom is -0.481 e. The molecule has 1 unspecified atom stereocenters. The average Bonchev–Trinajstić information content (AvgIpc) is 2.04. The van der Waals surface area contributed by atoms with Gasteiger partial charge < -0.3 is 5.11 Å². The highest BCUT2D eigenvalue weighted by Crippen LogP contribution is 2.08. The first kappa shape index (κ1) is 11.0. The maximum atomic E-state index is 10.5. The van der Waals surface area contributed by atoms with Gasteiger partial charge >= 0.3 is 5.97 Å². The second kappa shape index (κ2) is 6.65. The van der Waals surface area contributed by atoms with E-state index in [1.807, 2.05) is 38.2 Å². The number of carboxylic acid groups (broad SMARTS) is 1. The standard InChI is InChI=1S/C10H16O2/c1-3-5-6-7-8-9(4-2)10(11)12/h3,5-7,9H,4,8H2,1-2H3,(H,11,12). The smallest absolute Gasteiger partial charge is 0.306 e. The molecule has 12 heavy (non-hydrogen) atoms. The molecule has 0 saturated carbocycles. The highest BCUT2D eigenvalue weighted by atomic mass is 16.4. The van der Waals surface area contributed by atoms with E-state index in [0.717, 1.165) is 0 Å². The van der Waals surface area contributed by atoms with Gasteiger partial charge in [-0.05, 0) is 19.8 Å². The van der Waals surface area contributed by atoms with Gasteiger partial charge in [0.25, 0.3) is 0 Å². The van der Waals surface area contributed by atoms with Gasteiger partial charge in [0, 0.05) is 0 Å². The van der Waals surface area contributed by atoms with Crippen LogP contribution in [0.25, 0.3) is 0 Å². The predicted octanol–water partition coefficient (Wildman–Crippen LogP) is 2.62. The summed E-state index contributed by atoms with van der Waals surface area (Å²) in [5.74, 6) is -0.936. The van der Waals surface area contributed by atoms with Crippen LogP contribution in [0.5, 0.6) is 0 Å². The molecule has 0 rings (SSSR count). The van der Waals surface area contributed by atoms with E-state index in [0.29, 0.717) is 12.8 Å². The third kappa shape index (κ3) is 4.72. The topological polar surface area (TPSA) is 37.3 Å². The minimum absolute atomic E-state index is 0.230. The van der Waals surface area contributed by atoms with Gasteiger partial charge in [-0.3, -0.25) is 4.79 Å². The molecule has 0 aromatic heterocycles. The molecule has 1 N–H and O–H groups in total. The van der Waals surface area contributed by atoms with E-state index < -0.39 is 5.97 Å². The quantitative estimate of drug-likeness (QED) is 0.641. The van der Waals surface area contributed by atoms with Crippen LogP contribution in [0.2, 0.25) is 0 Å². The molecular weight excluding hydrogens is 152 g/mol. The second-order valence-corrected chi connectivity index (χ2v) is 2.63. The second-order valence-electron chi connectivity index (χ2n) is 2.63. The van der Waals surface area contributed by atoms with Crippen molar-refractivity contribution in [3.05, 3.63) is 24.3 Å². The van der Waals surface area contributed by atoms with Crippen molar-refractivity contribution in [2.24, 2.45) is 5.92 Å². The van der Waals surface area contributed by atoms with Crippen LogP contribution in [-0.2, 0) is 4.79 Å². The van der Waals surface area contributed by atoms with E-state index in [1.54, 1.807) is 0 Å². The highest BCUT2D eigenvalue weighted by Gasteiger charge is 2.11. The number of hydrogen-bond donors (Lipinski definition) is 1. The molecule has 0 aliphatic carbocycles. The van der Waals surface area contributed by atoms with Crippen LogP contribution < -0.4 is 0 Å². The van der Waals surface area contributed by atoms with Crippen LogP contribution in [0.4, 0.5) is 0 Å². The van der Waals surface area contributed by atoms with Crippen molar-refractivity contribution in [1.29, 1.82) is 0 Å². The van der Waals surface area contributed by atoms with Crippen LogP contribution >= 0.6 is 0 Å². The van der Waals surface area contributed by atoms with Crippen molar-refractivity contribution in [2.75, 3.05) is 0 Å². The van der Waals surface area contributed by atoms with E-state index in [2.05, 4.69) is 0 Å². The molecule has 68 valence electrons. The Bertz CT molecular complexity index is 180. The normalized spacial score (nSPS) is 14.2. The number of aliphatic carboxylic acids is 1. The van der Waals surface area contributed by atoms with Crippen molar-refractivity contribution in [3.63, 3.8) is 0 Å². The summed E-state index contributed by atoms with van der Waals surface area (Å²) in [5, 5.41) is 8.68. The van der Waals surface area contributed by atoms with E-state index in [1.165, 1.54) is 0 Å². The molecule has 2 heteroatoms. The van der Waals surface area contributed by atoms with Gasteiger partial charge in [-0.2, -0.15) is 0 Å². The summed E-state index contributed by atoms with van der Waals surface area (Å²) in [7, 11) is 0. The summed E-state index contributed by atoms with van der Waals surface area (Å²) in [6.45, 7) is 3.82. The van der Waals surface area contributed by atoms with Gasteiger partial charge in [-0.25, -0.2) is 0 Å². The first-order valence-corrected chi connectivity index (χ1v) is 4.23. The molecule has 0 bridgehead atoms. The summed E-state index contributed by atoms with van der Waals surface area (Å²) in [4.78, 5) is 10.5. The summed E-state index contributed by atoms with van der Waals surface area (Å²) in [6.07, 6.45) is 8.90. The first-order chi connectivity index (χ1) is 5.72. The Morgan fingerprint density at radius 3 is 2.58 bits per heavy atom. The van der Waals surface area contributed by atoms with Crippen LogP contribution in [0.15, 0.2) is 24.3 Å². The zero-order chi connectivity index (χ0) is 9.40. The zero-order valence-electron chi connectivity index (χ0n) is 7.66. The van der Waals surface area contributed by atoms with Crippen molar-refractivity contribution >= 4 is 5.97 Å². The molecule has 0 heterocycles. The third-order valence-corrected chi connectivity index (χ3v) is 1.70. The van der Waals surface area contributed by atoms with Gasteiger partial charge in [0.05, 0.1) is 5.92 Å². The van der Waals surface area contributed by atoms with Gasteiger partial charge in [0.1, 0.15) is 0 Å². The first-order valence-electron chi connectivity index (χ1n) is 4.23. The van der Waals surface area contributed by atoms with Crippen molar-refractivity contribution in [2.45, 2.75) is 26.7 Å². The fourth-order valence-corrected chi connectivity index (χ4v) is 0.875. The summed E-state index contributed by atoms with van der Waals surface area (Å²) < 4.78 is 0. The molecule has 1 atom stereocenters. The Hall–Kier alpha value is -1.05. The molecular formula is C10H16O2. The van der Waals surface area contributed by atoms with Crippen LogP contribution in [0.1, 0.15) is 26.7 Å². The molecule has 0 aromatic rings. The molecule has 0 spiro atoms. The molecule has 0 amide bonds. The third-order valence-electron chi connectivity index (χ3n) is 1.70. The van der Waals surface area contributed by atoms with Crippen molar-refractivity contribution in [3.8, 4) is 0 Å². The number of allylic oxidation sites excluding steroid dienone is 4. The summed E-state index contributed by atoms with van der Waals surface area (Å²) in [6, 6.07) is 0. The number of carboxylic acids is 1. The lowest BCUT2D eigenvalue weighted by Crippen LogP contribution is -2.10. The fourth-order valence-electron chi connectivity index (χ4n) is 0.875. The molecule has 2 nitrogen and oxygen atoms in total. The van der Waals surface area contributed by atoms with E-state index in [9.17, 15) is 4.79 Å². The van der Waals surface area contributed by atoms with E-state index >= 15 is 0 Å². The van der Waals surface area contributed by atoms with E-state index in [4.69, 9.17) is 5.11 Å². The van der Waals surface area contributed by atoms with Crippen LogP contribution in [0.3, 0.4) is 0 Å². The SMILES string of the molecule is CC=CC=CCC(CC)C(=O)O. The maximum Gasteiger partial charge on any atom is 0.306 e. The Morgan fingerprint density at radius 2 is 2.17 bits per heavy atom. The fraction of sp³-hybridized carbons (Fsp3) is 0.500. The monoisotopic (exact) mass is 168 g/mol. The summed E-state index contributed by atoms with van der Waals surface area (Å²) >= 11 is 0.